The lowest BCUT2D eigenvalue weighted by Crippen LogP contribution is -2.32. The first kappa shape index (κ1) is 19.3. The van der Waals surface area contributed by atoms with Crippen molar-refractivity contribution in [1.29, 1.82) is 0 Å². The fourth-order valence-corrected chi connectivity index (χ4v) is 1.77. The molecule has 2 atom stereocenters. The molecular weight excluding hydrogens is 316 g/mol. The molecule has 0 aromatic carbocycles. The van der Waals surface area contributed by atoms with E-state index < -0.39 is 24.0 Å². The summed E-state index contributed by atoms with van der Waals surface area (Å²) in [5.74, 6) is -2.00. The normalized spacial score (nSPS) is 12.8. The van der Waals surface area contributed by atoms with E-state index in [0.29, 0.717) is 11.4 Å². The predicted octanol–water partition coefficient (Wildman–Crippen LogP) is -1.25. The molecule has 0 saturated carbocycles. The quantitative estimate of drug-likeness (QED) is 0.507. The Morgan fingerprint density at radius 3 is 1.50 bits per heavy atom. The molecule has 0 saturated heterocycles. The van der Waals surface area contributed by atoms with Crippen molar-refractivity contribution in [2.75, 3.05) is 0 Å². The fourth-order valence-electron chi connectivity index (χ4n) is 1.77. The Kier molecular flexibility index (Phi) is 7.08. The maximum Gasteiger partial charge on any atom is 0.320 e. The van der Waals surface area contributed by atoms with Crippen LogP contribution in [-0.4, -0.2) is 53.3 Å². The Hall–Kier alpha value is -2.72. The van der Waals surface area contributed by atoms with Crippen LogP contribution in [0, 0.1) is 0 Å². The second kappa shape index (κ2) is 8.79. The third kappa shape index (κ3) is 6.58. The van der Waals surface area contributed by atoms with Crippen LogP contribution in [0.15, 0.2) is 25.0 Å². The van der Waals surface area contributed by atoms with Gasteiger partial charge in [0.25, 0.3) is 0 Å². The van der Waals surface area contributed by atoms with E-state index in [-0.39, 0.29) is 12.8 Å². The summed E-state index contributed by atoms with van der Waals surface area (Å²) in [6, 6.07) is -1.72. The van der Waals surface area contributed by atoms with Crippen molar-refractivity contribution in [1.82, 2.24) is 19.1 Å². The molecule has 0 aliphatic carbocycles. The molecule has 0 fully saturated rings. The Balaban J connectivity index is 0.000000240. The van der Waals surface area contributed by atoms with Gasteiger partial charge in [0.15, 0.2) is 0 Å². The molecule has 132 valence electrons. The lowest BCUT2D eigenvalue weighted by Gasteiger charge is -2.01. The van der Waals surface area contributed by atoms with Gasteiger partial charge in [-0.3, -0.25) is 9.59 Å². The smallest absolute Gasteiger partial charge is 0.320 e. The maximum atomic E-state index is 10.4. The highest BCUT2D eigenvalue weighted by atomic mass is 16.4. The van der Waals surface area contributed by atoms with Gasteiger partial charge in [-0.2, -0.15) is 0 Å². The molecule has 0 bridgehead atoms. The minimum atomic E-state index is -0.999. The van der Waals surface area contributed by atoms with Gasteiger partial charge in [-0.1, -0.05) is 0 Å². The highest BCUT2D eigenvalue weighted by Gasteiger charge is 2.13. The highest BCUT2D eigenvalue weighted by molar-refractivity contribution is 5.73. The van der Waals surface area contributed by atoms with Gasteiger partial charge in [0.2, 0.25) is 0 Å². The SMILES string of the molecule is Cn1cnc(C[C@H](N)C(=O)O)c1.Cn1cnc(C[C@H](N)C(=O)O)c1. The van der Waals surface area contributed by atoms with Crippen LogP contribution in [0.3, 0.4) is 0 Å². The van der Waals surface area contributed by atoms with E-state index in [1.54, 1.807) is 34.2 Å². The first-order chi connectivity index (χ1) is 11.2. The van der Waals surface area contributed by atoms with E-state index in [0.717, 1.165) is 0 Å². The van der Waals surface area contributed by atoms with E-state index in [4.69, 9.17) is 21.7 Å². The minimum absolute atomic E-state index is 0.274. The summed E-state index contributed by atoms with van der Waals surface area (Å²) in [6.07, 6.45) is 7.28. The number of aryl methyl sites for hydroxylation is 2. The second-order valence-corrected chi connectivity index (χ2v) is 5.36. The Morgan fingerprint density at radius 2 is 1.29 bits per heavy atom. The minimum Gasteiger partial charge on any atom is -0.480 e. The molecule has 10 heteroatoms. The number of aromatic nitrogens is 4. The van der Waals surface area contributed by atoms with Crippen LogP contribution in [-0.2, 0) is 36.5 Å². The molecule has 10 nitrogen and oxygen atoms in total. The van der Waals surface area contributed by atoms with Crippen molar-refractivity contribution in [2.24, 2.45) is 25.6 Å². The van der Waals surface area contributed by atoms with Gasteiger partial charge >= 0.3 is 11.9 Å². The van der Waals surface area contributed by atoms with E-state index in [1.807, 2.05) is 14.1 Å². The number of aliphatic carboxylic acids is 2. The number of nitrogens with zero attached hydrogens (tertiary/aromatic N) is 4. The zero-order valence-electron chi connectivity index (χ0n) is 13.5. The predicted molar refractivity (Wildman–Crippen MR) is 85.0 cm³/mol. The molecule has 0 aliphatic rings. The van der Waals surface area contributed by atoms with Gasteiger partial charge in [-0.15, -0.1) is 0 Å². The molecule has 0 aliphatic heterocycles. The number of carboxylic acid groups (broad SMARTS) is 2. The number of hydrogen-bond donors (Lipinski definition) is 4. The summed E-state index contributed by atoms with van der Waals surface area (Å²) < 4.78 is 3.51. The molecule has 2 rings (SSSR count). The molecule has 24 heavy (non-hydrogen) atoms. The molecule has 0 amide bonds. The largest absolute Gasteiger partial charge is 0.480 e. The lowest BCUT2D eigenvalue weighted by atomic mass is 10.2. The van der Waals surface area contributed by atoms with Crippen LogP contribution >= 0.6 is 0 Å². The van der Waals surface area contributed by atoms with Crippen LogP contribution in [0.2, 0.25) is 0 Å². The summed E-state index contributed by atoms with van der Waals surface area (Å²) in [7, 11) is 3.64. The average Bonchev–Trinajstić information content (AvgIpc) is 3.08. The van der Waals surface area contributed by atoms with Gasteiger partial charge in [0.05, 0.1) is 24.0 Å². The summed E-state index contributed by atoms with van der Waals surface area (Å²) >= 11 is 0. The zero-order valence-corrected chi connectivity index (χ0v) is 13.5. The summed E-state index contributed by atoms with van der Waals surface area (Å²) in [5, 5.41) is 17.0. The van der Waals surface area contributed by atoms with Crippen molar-refractivity contribution in [2.45, 2.75) is 24.9 Å². The molecule has 2 heterocycles. The Labute approximate surface area is 138 Å². The van der Waals surface area contributed by atoms with Gasteiger partial charge in [-0.05, 0) is 0 Å². The van der Waals surface area contributed by atoms with Crippen molar-refractivity contribution in [3.05, 3.63) is 36.4 Å². The first-order valence-corrected chi connectivity index (χ1v) is 7.09. The third-order valence-electron chi connectivity index (χ3n) is 3.01. The Morgan fingerprint density at radius 1 is 0.958 bits per heavy atom. The monoisotopic (exact) mass is 338 g/mol. The van der Waals surface area contributed by atoms with Gasteiger partial charge in [0, 0.05) is 39.3 Å². The van der Waals surface area contributed by atoms with Crippen LogP contribution in [0.5, 0.6) is 0 Å². The number of nitrogens with two attached hydrogens (primary N) is 2. The molecule has 6 N–H and O–H groups in total. The highest BCUT2D eigenvalue weighted by Crippen LogP contribution is 1.98. The lowest BCUT2D eigenvalue weighted by molar-refractivity contribution is -0.139. The number of hydrogen-bond acceptors (Lipinski definition) is 6. The van der Waals surface area contributed by atoms with Gasteiger partial charge in [0.1, 0.15) is 12.1 Å². The third-order valence-corrected chi connectivity index (χ3v) is 3.01. The van der Waals surface area contributed by atoms with E-state index >= 15 is 0 Å². The van der Waals surface area contributed by atoms with Crippen LogP contribution in [0.25, 0.3) is 0 Å². The van der Waals surface area contributed by atoms with Crippen LogP contribution in [0.4, 0.5) is 0 Å². The summed E-state index contributed by atoms with van der Waals surface area (Å²) in [4.78, 5) is 28.6. The first-order valence-electron chi connectivity index (χ1n) is 7.09. The molecule has 0 unspecified atom stereocenters. The zero-order chi connectivity index (χ0) is 18.3. The van der Waals surface area contributed by atoms with Crippen molar-refractivity contribution >= 4 is 11.9 Å². The molecule has 0 radical (unpaired) electrons. The molecule has 2 aromatic heterocycles. The fraction of sp³-hybridized carbons (Fsp3) is 0.429. The number of carboxylic acids is 2. The summed E-state index contributed by atoms with van der Waals surface area (Å²) in [6.45, 7) is 0. The maximum absolute atomic E-state index is 10.4. The number of rotatable bonds is 6. The number of imidazole rings is 2. The molecule has 2 aromatic rings. The van der Waals surface area contributed by atoms with Gasteiger partial charge in [-0.25, -0.2) is 9.97 Å². The second-order valence-electron chi connectivity index (χ2n) is 5.36. The molecule has 0 spiro atoms. The van der Waals surface area contributed by atoms with Crippen molar-refractivity contribution < 1.29 is 19.8 Å². The van der Waals surface area contributed by atoms with E-state index in [2.05, 4.69) is 9.97 Å². The van der Waals surface area contributed by atoms with E-state index in [9.17, 15) is 9.59 Å². The van der Waals surface area contributed by atoms with Crippen LogP contribution in [0.1, 0.15) is 11.4 Å². The summed E-state index contributed by atoms with van der Waals surface area (Å²) in [5.41, 5.74) is 12.0. The number of carbonyl (C=O) groups is 2. The van der Waals surface area contributed by atoms with Gasteiger partial charge < -0.3 is 30.8 Å². The van der Waals surface area contributed by atoms with Crippen LogP contribution < -0.4 is 11.5 Å². The van der Waals surface area contributed by atoms with E-state index in [1.165, 1.54) is 0 Å². The topological polar surface area (TPSA) is 162 Å². The standard InChI is InChI=1S/2C7H11N3O2/c2*1-10-3-5(9-4-10)2-6(8)7(11)12/h2*3-4,6H,2,8H2,1H3,(H,11,12)/t2*6-/m00/s1. The van der Waals surface area contributed by atoms with Crippen molar-refractivity contribution in [3.63, 3.8) is 0 Å². The van der Waals surface area contributed by atoms with Crippen molar-refractivity contribution in [3.8, 4) is 0 Å². The average molecular weight is 338 g/mol. The Bertz CT molecular complexity index is 622. The molecular formula is C14H22N6O4.